The van der Waals surface area contributed by atoms with E-state index in [-0.39, 0.29) is 64.4 Å². The van der Waals surface area contributed by atoms with Crippen LogP contribution in [0.25, 0.3) is 21.3 Å². The van der Waals surface area contributed by atoms with Gasteiger partial charge < -0.3 is 39.2 Å². The fourth-order valence-corrected chi connectivity index (χ4v) is 15.8. The number of nitrogens with one attached hydrogen (secondary N) is 2. The van der Waals surface area contributed by atoms with Crippen LogP contribution < -0.4 is 20.3 Å². The van der Waals surface area contributed by atoms with Crippen LogP contribution in [0.3, 0.4) is 0 Å². The molecule has 452 valence electrons. The first kappa shape index (κ1) is 59.7. The molecule has 3 N–H and O–H groups in total. The zero-order valence-electron chi connectivity index (χ0n) is 49.4. The minimum absolute atomic E-state index is 0.0150. The lowest BCUT2D eigenvalue weighted by Crippen LogP contribution is -2.64. The number of nitrogens with zero attached hydrogens (tertiary/aromatic N) is 7. The molecule has 4 fully saturated rings. The number of para-hydroxylation sites is 2. The van der Waals surface area contributed by atoms with Gasteiger partial charge in [-0.2, -0.15) is 5.10 Å². The van der Waals surface area contributed by atoms with Crippen molar-refractivity contribution in [2.75, 3.05) is 69.9 Å². The number of hydrogen-bond donors (Lipinski definition) is 3. The summed E-state index contributed by atoms with van der Waals surface area (Å²) in [7, 11) is 1.72. The van der Waals surface area contributed by atoms with Crippen molar-refractivity contribution in [3.05, 3.63) is 131 Å². The van der Waals surface area contributed by atoms with Gasteiger partial charge in [-0.15, -0.1) is 0 Å². The summed E-state index contributed by atoms with van der Waals surface area (Å²) in [6, 6.07) is 24.6. The number of carboxylic acid groups (broad SMARTS) is 1. The van der Waals surface area contributed by atoms with Crippen molar-refractivity contribution in [3.63, 3.8) is 0 Å². The minimum atomic E-state index is -1.14. The number of imide groups is 1. The SMILES string of the molecule is Cc1c(-c2ccc(N3CCc4cccc(C(=O)Nc5nc6ccccc6s5)c4C3)nc2C(=O)O)cnn1CC12CC3(C)CC(C)(C1)CC(OCCN(C)C(=O)OCc1ccccc1OCCOCCNC(=O)CCCCCN1C(=O)C=CC1=O)(C3)C2. The highest BCUT2D eigenvalue weighted by atomic mass is 32.1. The average Bonchev–Trinajstić information content (AvgIpc) is 0.882. The number of carbonyl (C=O) groups is 6. The van der Waals surface area contributed by atoms with Gasteiger partial charge in [-0.25, -0.2) is 19.6 Å². The van der Waals surface area contributed by atoms with Crippen molar-refractivity contribution < 1.29 is 52.8 Å². The number of carbonyl (C=O) groups excluding carboxylic acids is 5. The molecule has 86 heavy (non-hydrogen) atoms. The summed E-state index contributed by atoms with van der Waals surface area (Å²) in [4.78, 5) is 90.0. The van der Waals surface area contributed by atoms with Gasteiger partial charge in [0.15, 0.2) is 10.8 Å². The highest BCUT2D eigenvalue weighted by molar-refractivity contribution is 7.22. The summed E-state index contributed by atoms with van der Waals surface area (Å²) in [6.07, 6.45) is 12.8. The monoisotopic (exact) mass is 1190 g/mol. The Hall–Kier alpha value is -8.01. The summed E-state index contributed by atoms with van der Waals surface area (Å²) in [6.45, 7) is 10.7. The van der Waals surface area contributed by atoms with Crippen LogP contribution in [0.1, 0.15) is 121 Å². The molecular weight excluding hydrogens is 1110 g/mol. The van der Waals surface area contributed by atoms with Gasteiger partial charge in [0.05, 0.1) is 41.8 Å². The van der Waals surface area contributed by atoms with E-state index >= 15 is 0 Å². The summed E-state index contributed by atoms with van der Waals surface area (Å²) >= 11 is 1.43. The molecule has 2 atom stereocenters. The number of carboxylic acids is 1. The van der Waals surface area contributed by atoms with Crippen LogP contribution >= 0.6 is 11.3 Å². The largest absolute Gasteiger partial charge is 0.491 e. The number of amides is 5. The smallest absolute Gasteiger partial charge is 0.409 e. The number of rotatable bonds is 26. The summed E-state index contributed by atoms with van der Waals surface area (Å²) in [5.41, 5.74) is 5.65. The second-order valence-corrected chi connectivity index (χ2v) is 25.8. The van der Waals surface area contributed by atoms with Crippen molar-refractivity contribution in [2.45, 2.75) is 117 Å². The van der Waals surface area contributed by atoms with Crippen molar-refractivity contribution in [1.82, 2.24) is 34.9 Å². The van der Waals surface area contributed by atoms with Crippen molar-refractivity contribution >= 4 is 68.2 Å². The van der Waals surface area contributed by atoms with E-state index in [0.717, 1.165) is 72.0 Å². The number of aromatic carboxylic acids is 1. The Morgan fingerprint density at radius 2 is 1.59 bits per heavy atom. The molecule has 4 saturated carbocycles. The number of aromatic nitrogens is 4. The Morgan fingerprint density at radius 1 is 0.814 bits per heavy atom. The highest BCUT2D eigenvalue weighted by Gasteiger charge is 2.66. The molecule has 6 aromatic rings. The Bertz CT molecular complexity index is 3530. The number of benzene rings is 3. The Morgan fingerprint density at radius 3 is 2.38 bits per heavy atom. The van der Waals surface area contributed by atoms with Crippen molar-refractivity contribution in [2.24, 2.45) is 16.2 Å². The van der Waals surface area contributed by atoms with Crippen LogP contribution in [-0.4, -0.2) is 136 Å². The van der Waals surface area contributed by atoms with Gasteiger partial charge in [-0.1, -0.05) is 74.1 Å². The van der Waals surface area contributed by atoms with Crippen LogP contribution in [-0.2, 0) is 54.7 Å². The molecule has 6 aliphatic rings. The van der Waals surface area contributed by atoms with E-state index in [9.17, 15) is 33.9 Å². The van der Waals surface area contributed by atoms with Crippen molar-refractivity contribution in [3.8, 4) is 16.9 Å². The maximum absolute atomic E-state index is 13.8. The molecule has 0 radical (unpaired) electrons. The zero-order chi connectivity index (χ0) is 60.2. The van der Waals surface area contributed by atoms with Gasteiger partial charge >= 0.3 is 12.1 Å². The molecule has 4 bridgehead atoms. The fraction of sp³-hybridized carbons (Fsp3) is 0.462. The van der Waals surface area contributed by atoms with Crippen LogP contribution in [0.5, 0.6) is 5.75 Å². The second-order valence-electron chi connectivity index (χ2n) is 24.8. The molecule has 12 rings (SSSR count). The normalized spacial score (nSPS) is 21.9. The predicted octanol–water partition coefficient (Wildman–Crippen LogP) is 9.78. The van der Waals surface area contributed by atoms with Gasteiger partial charge in [-0.05, 0) is 128 Å². The number of likely N-dealkylation sites (N-methyl/N-ethyl adjacent to an activating group) is 1. The number of ether oxygens (including phenoxy) is 4. The number of pyridine rings is 1. The van der Waals surface area contributed by atoms with E-state index in [2.05, 4.69) is 34.1 Å². The molecule has 3 aromatic heterocycles. The molecule has 0 spiro atoms. The quantitative estimate of drug-likeness (QED) is 0.0338. The zero-order valence-corrected chi connectivity index (χ0v) is 50.2. The lowest BCUT2D eigenvalue weighted by molar-refractivity contribution is -0.248. The molecular formula is C65H75N9O11S. The number of fused-ring (bicyclic) bond motifs is 2. The summed E-state index contributed by atoms with van der Waals surface area (Å²) < 4.78 is 27.5. The van der Waals surface area contributed by atoms with Gasteiger partial charge in [0.2, 0.25) is 5.91 Å². The van der Waals surface area contributed by atoms with Crippen molar-refractivity contribution in [1.29, 1.82) is 0 Å². The molecule has 2 aliphatic heterocycles. The Labute approximate surface area is 504 Å². The first-order valence-corrected chi connectivity index (χ1v) is 30.6. The predicted molar refractivity (Wildman–Crippen MR) is 324 cm³/mol. The minimum Gasteiger partial charge on any atom is -0.491 e. The molecule has 3 aromatic carbocycles. The van der Waals surface area contributed by atoms with Crippen LogP contribution in [0.15, 0.2) is 97.2 Å². The number of anilines is 2. The van der Waals surface area contributed by atoms with Crippen LogP contribution in [0.4, 0.5) is 15.7 Å². The molecule has 2 unspecified atom stereocenters. The number of unbranched alkanes of at least 4 members (excludes halogenated alkanes) is 2. The van der Waals surface area contributed by atoms with Gasteiger partial charge in [-0.3, -0.25) is 34.1 Å². The van der Waals surface area contributed by atoms with E-state index in [1.54, 1.807) is 18.1 Å². The standard InChI is InChI=1S/C65H75N9O11S/c1-43-48(46-20-21-53(69-57(46)59(79)80)72-27-24-44-14-12-15-47(49(44)34-72)58(78)70-60-68-50-16-8-10-18-52(50)86-60)33-67-74(43)42-64-37-62(2)36-63(3,38-64)40-65(39-62,41-64)85-30-28-71(4)61(81)84-35-45-13-7-9-17-51(45)83-32-31-82-29-25-66-54(75)19-6-5-11-26-73-55(76)22-23-56(73)77/h7-10,12-18,20-23,33H,5-6,11,19,24-32,34-42H2,1-4H3,(H,66,75)(H,79,80)(H,68,70,78). The molecule has 4 aliphatic carbocycles. The number of hydrogen-bond acceptors (Lipinski definition) is 15. The lowest BCUT2D eigenvalue weighted by atomic mass is 9.39. The van der Waals surface area contributed by atoms with Gasteiger partial charge in [0, 0.05) is 92.8 Å². The Balaban J connectivity index is 0.650. The van der Waals surface area contributed by atoms with E-state index in [0.29, 0.717) is 124 Å². The van der Waals surface area contributed by atoms with Gasteiger partial charge in [0.1, 0.15) is 24.8 Å². The number of thiazole rings is 1. The van der Waals surface area contributed by atoms with E-state index in [1.807, 2.05) is 90.7 Å². The fourth-order valence-electron chi connectivity index (χ4n) is 15.0. The molecule has 5 heterocycles. The maximum atomic E-state index is 13.8. The second kappa shape index (κ2) is 25.1. The lowest BCUT2D eigenvalue weighted by Gasteiger charge is -2.69. The molecule has 5 amide bonds. The molecule has 21 heteroatoms. The van der Waals surface area contributed by atoms with E-state index < -0.39 is 12.1 Å². The van der Waals surface area contributed by atoms with Crippen LogP contribution in [0, 0.1) is 23.2 Å². The van der Waals surface area contributed by atoms with Crippen LogP contribution in [0.2, 0.25) is 0 Å². The highest BCUT2D eigenvalue weighted by Crippen LogP contribution is 2.72. The summed E-state index contributed by atoms with van der Waals surface area (Å²) in [5.74, 6) is -0.950. The third kappa shape index (κ3) is 13.3. The van der Waals surface area contributed by atoms with E-state index in [1.165, 1.54) is 28.4 Å². The first-order chi connectivity index (χ1) is 41.4. The average molecular weight is 1190 g/mol. The molecule has 20 nitrogen and oxygen atoms in total. The summed E-state index contributed by atoms with van der Waals surface area (Å²) in [5, 5.41) is 22.0. The first-order valence-electron chi connectivity index (χ1n) is 29.8. The Kier molecular flexibility index (Phi) is 17.5. The maximum Gasteiger partial charge on any atom is 0.409 e. The van der Waals surface area contributed by atoms with Gasteiger partial charge in [0.25, 0.3) is 17.7 Å². The molecule has 0 saturated heterocycles. The van der Waals surface area contributed by atoms with E-state index in [4.69, 9.17) is 29.0 Å². The topological polar surface area (TPSA) is 237 Å². The third-order valence-electron chi connectivity index (χ3n) is 17.7. The third-order valence-corrected chi connectivity index (χ3v) is 18.6.